The summed E-state index contributed by atoms with van der Waals surface area (Å²) in [7, 11) is -3.42. The van der Waals surface area contributed by atoms with Crippen molar-refractivity contribution in [3.05, 3.63) is 24.3 Å². The highest BCUT2D eigenvalue weighted by Crippen LogP contribution is 2.33. The molecule has 0 N–H and O–H groups in total. The maximum absolute atomic E-state index is 12.6. The number of benzene rings is 1. The fraction of sp³-hybridized carbons (Fsp3) is 0.571. The van der Waals surface area contributed by atoms with Crippen molar-refractivity contribution in [3.63, 3.8) is 0 Å². The van der Waals surface area contributed by atoms with E-state index in [-0.39, 0.29) is 0 Å². The molecule has 0 unspecified atom stereocenters. The largest absolute Gasteiger partial charge is 0.347 e. The van der Waals surface area contributed by atoms with E-state index in [0.717, 1.165) is 4.90 Å². The zero-order valence-corrected chi connectivity index (χ0v) is 13.6. The quantitative estimate of drug-likeness (QED) is 0.793. The van der Waals surface area contributed by atoms with Crippen molar-refractivity contribution in [3.8, 4) is 0 Å². The molecule has 2 heterocycles. The number of piperidine rings is 1. The molecule has 2 saturated heterocycles. The van der Waals surface area contributed by atoms with Crippen molar-refractivity contribution < 1.29 is 17.9 Å². The standard InChI is InChI=1S/C14H19NO4S2/c1-20-12-2-4-13(5-3-12)21(16,17)15-8-6-14(7-9-15)18-10-11-19-14/h2-5H,6-11H2,1H3. The van der Waals surface area contributed by atoms with E-state index in [1.807, 2.05) is 18.4 Å². The number of thioether (sulfide) groups is 1. The third-order valence-corrected chi connectivity index (χ3v) is 6.65. The summed E-state index contributed by atoms with van der Waals surface area (Å²) in [6.07, 6.45) is 3.15. The van der Waals surface area contributed by atoms with Gasteiger partial charge in [-0.15, -0.1) is 11.8 Å². The number of ether oxygens (including phenoxy) is 2. The minimum atomic E-state index is -3.42. The third-order valence-electron chi connectivity index (χ3n) is 3.99. The summed E-state index contributed by atoms with van der Waals surface area (Å²) in [6, 6.07) is 7.03. The first-order chi connectivity index (χ1) is 10.1. The van der Waals surface area contributed by atoms with Crippen LogP contribution in [-0.2, 0) is 19.5 Å². The first-order valence-corrected chi connectivity index (χ1v) is 9.64. The van der Waals surface area contributed by atoms with Crippen molar-refractivity contribution in [2.24, 2.45) is 0 Å². The SMILES string of the molecule is CSc1ccc(S(=O)(=O)N2CCC3(CC2)OCCO3)cc1. The van der Waals surface area contributed by atoms with Crippen LogP contribution in [0.4, 0.5) is 0 Å². The third kappa shape index (κ3) is 2.98. The molecule has 0 aromatic heterocycles. The van der Waals surface area contributed by atoms with Crippen LogP contribution in [0.15, 0.2) is 34.1 Å². The van der Waals surface area contributed by atoms with Gasteiger partial charge in [0.1, 0.15) is 0 Å². The Labute approximate surface area is 129 Å². The van der Waals surface area contributed by atoms with Crippen LogP contribution in [0, 0.1) is 0 Å². The van der Waals surface area contributed by atoms with Crippen molar-refractivity contribution in [2.45, 2.75) is 28.4 Å². The molecular formula is C14H19NO4S2. The predicted octanol–water partition coefficient (Wildman–Crippen LogP) is 1.94. The fourth-order valence-corrected chi connectivity index (χ4v) is 4.60. The highest BCUT2D eigenvalue weighted by molar-refractivity contribution is 7.98. The van der Waals surface area contributed by atoms with Gasteiger partial charge in [-0.25, -0.2) is 8.42 Å². The van der Waals surface area contributed by atoms with Gasteiger partial charge in [0, 0.05) is 30.8 Å². The summed E-state index contributed by atoms with van der Waals surface area (Å²) in [6.45, 7) is 2.07. The molecule has 0 aliphatic carbocycles. The molecule has 3 rings (SSSR count). The van der Waals surface area contributed by atoms with Crippen LogP contribution in [0.3, 0.4) is 0 Å². The Morgan fingerprint density at radius 1 is 1.10 bits per heavy atom. The molecule has 2 fully saturated rings. The lowest BCUT2D eigenvalue weighted by molar-refractivity contribution is -0.179. The Morgan fingerprint density at radius 3 is 2.19 bits per heavy atom. The number of sulfonamides is 1. The van der Waals surface area contributed by atoms with Crippen LogP contribution in [0.2, 0.25) is 0 Å². The molecule has 2 aliphatic rings. The fourth-order valence-electron chi connectivity index (χ4n) is 2.75. The summed E-state index contributed by atoms with van der Waals surface area (Å²) in [4.78, 5) is 1.41. The number of rotatable bonds is 3. The summed E-state index contributed by atoms with van der Waals surface area (Å²) in [5.74, 6) is -0.547. The van der Waals surface area contributed by atoms with Crippen molar-refractivity contribution in [2.75, 3.05) is 32.6 Å². The molecule has 21 heavy (non-hydrogen) atoms. The first kappa shape index (κ1) is 15.3. The van der Waals surface area contributed by atoms with Crippen LogP contribution in [0.5, 0.6) is 0 Å². The second-order valence-corrected chi connectivity index (χ2v) is 8.00. The van der Waals surface area contributed by atoms with E-state index in [9.17, 15) is 8.42 Å². The molecule has 0 bridgehead atoms. The minimum Gasteiger partial charge on any atom is -0.347 e. The molecule has 0 saturated carbocycles. The molecular weight excluding hydrogens is 310 g/mol. The minimum absolute atomic E-state index is 0.351. The van der Waals surface area contributed by atoms with Gasteiger partial charge in [0.05, 0.1) is 18.1 Å². The number of hydrogen-bond acceptors (Lipinski definition) is 5. The van der Waals surface area contributed by atoms with Gasteiger partial charge in [-0.2, -0.15) is 4.31 Å². The van der Waals surface area contributed by atoms with E-state index in [4.69, 9.17) is 9.47 Å². The predicted molar refractivity (Wildman–Crippen MR) is 80.9 cm³/mol. The molecule has 0 radical (unpaired) electrons. The summed E-state index contributed by atoms with van der Waals surface area (Å²) >= 11 is 1.59. The van der Waals surface area contributed by atoms with E-state index < -0.39 is 15.8 Å². The summed E-state index contributed by atoms with van der Waals surface area (Å²) in [5.41, 5.74) is 0. The van der Waals surface area contributed by atoms with Crippen LogP contribution >= 0.6 is 11.8 Å². The monoisotopic (exact) mass is 329 g/mol. The van der Waals surface area contributed by atoms with E-state index in [2.05, 4.69) is 0 Å². The molecule has 1 aromatic rings. The van der Waals surface area contributed by atoms with Crippen molar-refractivity contribution >= 4 is 21.8 Å². The maximum Gasteiger partial charge on any atom is 0.243 e. The molecule has 0 amide bonds. The second kappa shape index (κ2) is 5.89. The van der Waals surface area contributed by atoms with Crippen molar-refractivity contribution in [1.29, 1.82) is 0 Å². The zero-order chi connectivity index (χ0) is 14.9. The topological polar surface area (TPSA) is 55.8 Å². The molecule has 1 spiro atoms. The number of nitrogens with zero attached hydrogens (tertiary/aromatic N) is 1. The lowest BCUT2D eigenvalue weighted by atomic mass is 10.1. The highest BCUT2D eigenvalue weighted by atomic mass is 32.2. The van der Waals surface area contributed by atoms with E-state index in [1.54, 1.807) is 23.9 Å². The van der Waals surface area contributed by atoms with Crippen LogP contribution < -0.4 is 0 Å². The number of hydrogen-bond donors (Lipinski definition) is 0. The zero-order valence-electron chi connectivity index (χ0n) is 11.9. The lowest BCUT2D eigenvalue weighted by Crippen LogP contribution is -2.47. The summed E-state index contributed by atoms with van der Waals surface area (Å²) in [5, 5.41) is 0. The second-order valence-electron chi connectivity index (χ2n) is 5.19. The van der Waals surface area contributed by atoms with Gasteiger partial charge in [0.2, 0.25) is 10.0 Å². The Bertz CT molecular complexity index is 584. The van der Waals surface area contributed by atoms with E-state index in [0.29, 0.717) is 44.0 Å². The van der Waals surface area contributed by atoms with Crippen LogP contribution in [0.1, 0.15) is 12.8 Å². The highest BCUT2D eigenvalue weighted by Gasteiger charge is 2.42. The van der Waals surface area contributed by atoms with Crippen molar-refractivity contribution in [1.82, 2.24) is 4.31 Å². The normalized spacial score (nSPS) is 22.7. The average Bonchev–Trinajstić information content (AvgIpc) is 2.96. The molecule has 1 aromatic carbocycles. The maximum atomic E-state index is 12.6. The average molecular weight is 329 g/mol. The Kier molecular flexibility index (Phi) is 4.29. The van der Waals surface area contributed by atoms with Gasteiger partial charge in [-0.1, -0.05) is 0 Å². The van der Waals surface area contributed by atoms with Crippen LogP contribution in [-0.4, -0.2) is 51.1 Å². The van der Waals surface area contributed by atoms with Gasteiger partial charge in [-0.3, -0.25) is 0 Å². The Morgan fingerprint density at radius 2 is 1.67 bits per heavy atom. The summed E-state index contributed by atoms with van der Waals surface area (Å²) < 4.78 is 38.0. The lowest BCUT2D eigenvalue weighted by Gasteiger charge is -2.36. The molecule has 116 valence electrons. The first-order valence-electron chi connectivity index (χ1n) is 6.98. The van der Waals surface area contributed by atoms with E-state index >= 15 is 0 Å². The smallest absolute Gasteiger partial charge is 0.243 e. The molecule has 0 atom stereocenters. The van der Waals surface area contributed by atoms with E-state index in [1.165, 1.54) is 4.31 Å². The molecule has 5 nitrogen and oxygen atoms in total. The van der Waals surface area contributed by atoms with Gasteiger partial charge in [0.15, 0.2) is 5.79 Å². The molecule has 2 aliphatic heterocycles. The van der Waals surface area contributed by atoms with Crippen LogP contribution in [0.25, 0.3) is 0 Å². The Balaban J connectivity index is 1.73. The Hall–Kier alpha value is -0.600. The van der Waals surface area contributed by atoms with Gasteiger partial charge in [-0.05, 0) is 30.5 Å². The molecule has 7 heteroatoms. The van der Waals surface area contributed by atoms with Gasteiger partial charge >= 0.3 is 0 Å². The van der Waals surface area contributed by atoms with Gasteiger partial charge in [0.25, 0.3) is 0 Å². The van der Waals surface area contributed by atoms with Gasteiger partial charge < -0.3 is 9.47 Å².